The van der Waals surface area contributed by atoms with E-state index in [4.69, 9.17) is 21.4 Å². The molecule has 2 aromatic carbocycles. The van der Waals surface area contributed by atoms with Gasteiger partial charge in [0.1, 0.15) is 6.61 Å². The molecule has 10 nitrogen and oxygen atoms in total. The van der Waals surface area contributed by atoms with Gasteiger partial charge in [-0.05, 0) is 61.4 Å². The van der Waals surface area contributed by atoms with Crippen molar-refractivity contribution in [2.75, 3.05) is 12.5 Å². The fourth-order valence-electron chi connectivity index (χ4n) is 4.75. The summed E-state index contributed by atoms with van der Waals surface area (Å²) in [4.78, 5) is 56.2. The normalized spacial score (nSPS) is 11.4. The molecule has 3 N–H and O–H groups in total. The molecule has 0 unspecified atom stereocenters. The van der Waals surface area contributed by atoms with E-state index in [1.165, 1.54) is 30.7 Å². The number of benzene rings is 2. The molecule has 0 aliphatic carbocycles. The van der Waals surface area contributed by atoms with Crippen molar-refractivity contribution in [2.45, 2.75) is 77.3 Å². The van der Waals surface area contributed by atoms with Crippen LogP contribution in [0.15, 0.2) is 85.5 Å². The third-order valence-corrected chi connectivity index (χ3v) is 8.04. The van der Waals surface area contributed by atoms with Crippen LogP contribution in [0.1, 0.15) is 85.9 Å². The molecule has 0 aliphatic heterocycles. The minimum atomic E-state index is -0.935. The Hall–Kier alpha value is -5.37. The molecule has 0 spiro atoms. The van der Waals surface area contributed by atoms with Crippen LogP contribution in [0.5, 0.6) is 11.5 Å². The molecule has 0 saturated heterocycles. The monoisotopic (exact) mass is 788 g/mol. The number of nitrogens with zero attached hydrogens (tertiary/aromatic N) is 2. The van der Waals surface area contributed by atoms with Crippen LogP contribution in [0.3, 0.4) is 0 Å². The van der Waals surface area contributed by atoms with E-state index in [1.807, 2.05) is 6.92 Å². The minimum Gasteiger partial charge on any atom is -0.503 e. The molecule has 2 heterocycles. The lowest BCUT2D eigenvalue weighted by molar-refractivity contribution is -0.123. The lowest BCUT2D eigenvalue weighted by Crippen LogP contribution is -2.43. The Labute approximate surface area is 322 Å². The second-order valence-corrected chi connectivity index (χ2v) is 12.3. The van der Waals surface area contributed by atoms with E-state index >= 15 is 0 Å². The number of nitrogens with one attached hydrogen (secondary N) is 2. The Balaban J connectivity index is 0.000000322. The second kappa shape index (κ2) is 25.6. The van der Waals surface area contributed by atoms with Crippen molar-refractivity contribution in [3.05, 3.63) is 120 Å². The number of ether oxygens (including phenoxy) is 1. The first-order chi connectivity index (χ1) is 26.4. The lowest BCUT2D eigenvalue weighted by atomic mass is 10.0. The average Bonchev–Trinajstić information content (AvgIpc) is 3.19. The first-order valence-electron chi connectivity index (χ1n) is 17.7. The van der Waals surface area contributed by atoms with E-state index < -0.39 is 65.1 Å². The maximum absolute atomic E-state index is 13.6. The van der Waals surface area contributed by atoms with Crippen LogP contribution in [0.25, 0.3) is 0 Å². The van der Waals surface area contributed by atoms with Crippen molar-refractivity contribution in [3.8, 4) is 11.5 Å². The highest BCUT2D eigenvalue weighted by molar-refractivity contribution is 6.28. The van der Waals surface area contributed by atoms with Crippen molar-refractivity contribution < 1.29 is 46.6 Å². The maximum atomic E-state index is 13.6. The van der Waals surface area contributed by atoms with E-state index in [0.29, 0.717) is 24.0 Å². The number of carbonyl (C=O) groups is 4. The number of aromatic hydroxyl groups is 1. The Bertz CT molecular complexity index is 1750. The van der Waals surface area contributed by atoms with Gasteiger partial charge in [0, 0.05) is 24.8 Å². The highest BCUT2D eigenvalue weighted by Gasteiger charge is 2.23. The summed E-state index contributed by atoms with van der Waals surface area (Å²) < 4.78 is 56.5. The zero-order chi connectivity index (χ0) is 40.6. The number of pyridine rings is 2. The quantitative estimate of drug-likeness (QED) is 0.0524. The van der Waals surface area contributed by atoms with Gasteiger partial charge in [0.15, 0.2) is 46.3 Å². The Kier molecular flexibility index (Phi) is 21.3. The largest absolute Gasteiger partial charge is 0.503 e. The Morgan fingerprint density at radius 2 is 1.11 bits per heavy atom. The summed E-state index contributed by atoms with van der Waals surface area (Å²) in [7, 11) is 0. The number of para-hydroxylation sites is 2. The number of carbonyl (C=O) groups excluding carboxylic acids is 4. The van der Waals surface area contributed by atoms with E-state index in [1.54, 1.807) is 30.5 Å². The molecule has 2 atom stereocenters. The molecular weight excluding hydrogens is 744 g/mol. The van der Waals surface area contributed by atoms with Gasteiger partial charge in [0.2, 0.25) is 0 Å². The van der Waals surface area contributed by atoms with Crippen molar-refractivity contribution in [1.82, 2.24) is 20.6 Å². The van der Waals surface area contributed by atoms with Crippen LogP contribution >= 0.6 is 11.6 Å². The molecule has 0 bridgehead atoms. The van der Waals surface area contributed by atoms with Crippen molar-refractivity contribution in [1.29, 1.82) is 0 Å². The van der Waals surface area contributed by atoms with Crippen LogP contribution in [0.2, 0.25) is 0 Å². The van der Waals surface area contributed by atoms with E-state index in [0.717, 1.165) is 62.8 Å². The van der Waals surface area contributed by atoms with Gasteiger partial charge in [-0.25, -0.2) is 17.6 Å². The van der Waals surface area contributed by atoms with Crippen LogP contribution in [-0.2, 0) is 9.59 Å². The van der Waals surface area contributed by atoms with Crippen molar-refractivity contribution in [2.24, 2.45) is 0 Å². The predicted molar refractivity (Wildman–Crippen MR) is 200 cm³/mol. The zero-order valence-electron chi connectivity index (χ0n) is 30.6. The standard InChI is InChI=1S/C20H22F2N2O3.C14H19ClN2O2.C6H4F2O/c1-2-3-4-10-17(24-20(26)14-7-6-11-23-12-14)18(25)13-27-19-15(21)8-5-9-16(19)22;1-2-3-4-7-12(13(18)9-15)17-14(19)11-6-5-8-16-10-11;7-4-2-1-3-5(8)6(4)9/h5-9,11-12,17H,2-4,10,13H2,1H3,(H,24,26);5-6,8,10,12H,2-4,7,9H2,1H3,(H,17,19);1-3,9H/t17-;12-;/m00./s1. The second-order valence-electron chi connectivity index (χ2n) is 12.0. The number of hydrogen-bond donors (Lipinski definition) is 3. The first kappa shape index (κ1) is 45.8. The van der Waals surface area contributed by atoms with Crippen LogP contribution < -0.4 is 15.4 Å². The number of phenolic OH excluding ortho intramolecular Hbond substituents is 1. The van der Waals surface area contributed by atoms with Crippen LogP contribution in [-0.4, -0.2) is 63.0 Å². The number of aromatic nitrogens is 2. The van der Waals surface area contributed by atoms with Gasteiger partial charge in [-0.2, -0.15) is 0 Å². The Morgan fingerprint density at radius 3 is 1.49 bits per heavy atom. The van der Waals surface area contributed by atoms with Gasteiger partial charge in [-0.15, -0.1) is 11.6 Å². The molecule has 4 rings (SSSR count). The molecule has 296 valence electrons. The first-order valence-corrected chi connectivity index (χ1v) is 18.2. The number of rotatable bonds is 18. The molecule has 0 saturated carbocycles. The lowest BCUT2D eigenvalue weighted by Gasteiger charge is -2.18. The average molecular weight is 789 g/mol. The summed E-state index contributed by atoms with van der Waals surface area (Å²) in [6.45, 7) is 3.57. The summed E-state index contributed by atoms with van der Waals surface area (Å²) in [6.07, 6.45) is 12.6. The number of unbranched alkanes of at least 4 members (excludes halogenated alkanes) is 4. The smallest absolute Gasteiger partial charge is 0.253 e. The number of Topliss-reactive ketones (excluding diaryl/α,β-unsaturated/α-hetero) is 2. The summed E-state index contributed by atoms with van der Waals surface area (Å²) in [6, 6.07) is 11.7. The van der Waals surface area contributed by atoms with E-state index in [9.17, 15) is 36.7 Å². The number of phenols is 1. The number of hydrogen-bond acceptors (Lipinski definition) is 8. The highest BCUT2D eigenvalue weighted by atomic mass is 35.5. The molecule has 55 heavy (non-hydrogen) atoms. The molecule has 4 aromatic rings. The fourth-order valence-corrected chi connectivity index (χ4v) is 4.93. The molecule has 2 aromatic heterocycles. The molecule has 2 amide bonds. The zero-order valence-corrected chi connectivity index (χ0v) is 31.3. The van der Waals surface area contributed by atoms with Crippen molar-refractivity contribution in [3.63, 3.8) is 0 Å². The van der Waals surface area contributed by atoms with Gasteiger partial charge >= 0.3 is 0 Å². The van der Waals surface area contributed by atoms with Gasteiger partial charge in [0.25, 0.3) is 11.8 Å². The topological polar surface area (TPSA) is 148 Å². The summed E-state index contributed by atoms with van der Waals surface area (Å²) in [5, 5.41) is 13.8. The predicted octanol–water partition coefficient (Wildman–Crippen LogP) is 7.93. The fraction of sp³-hybridized carbons (Fsp3) is 0.350. The maximum Gasteiger partial charge on any atom is 0.253 e. The number of halogens is 5. The van der Waals surface area contributed by atoms with Crippen molar-refractivity contribution >= 4 is 35.0 Å². The van der Waals surface area contributed by atoms with Gasteiger partial charge < -0.3 is 20.5 Å². The number of alkyl halides is 1. The SMILES string of the molecule is CCCCC[C@H](NC(=O)c1cccnc1)C(=O)CCl.CCCCC[C@H](NC(=O)c1cccnc1)C(=O)COc1c(F)cccc1F.Oc1c(F)cccc1F. The molecule has 15 heteroatoms. The Morgan fingerprint density at radius 1 is 0.673 bits per heavy atom. The summed E-state index contributed by atoms with van der Waals surface area (Å²) >= 11 is 5.58. The van der Waals surface area contributed by atoms with E-state index in [2.05, 4.69) is 27.5 Å². The number of amides is 2. The van der Waals surface area contributed by atoms with Gasteiger partial charge in [-0.3, -0.25) is 29.1 Å². The molecular formula is C40H45ClF4N4O6. The molecule has 0 aliphatic rings. The van der Waals surface area contributed by atoms with Crippen LogP contribution in [0.4, 0.5) is 17.6 Å². The minimum absolute atomic E-state index is 0.0793. The molecule has 0 radical (unpaired) electrons. The molecule has 0 fully saturated rings. The van der Waals surface area contributed by atoms with Gasteiger partial charge in [-0.1, -0.05) is 64.5 Å². The number of ketones is 2. The highest BCUT2D eigenvalue weighted by Crippen LogP contribution is 2.21. The summed E-state index contributed by atoms with van der Waals surface area (Å²) in [5.41, 5.74) is 0.775. The summed E-state index contributed by atoms with van der Waals surface area (Å²) in [5.74, 6) is -6.55. The van der Waals surface area contributed by atoms with Gasteiger partial charge in [0.05, 0.1) is 29.1 Å². The van der Waals surface area contributed by atoms with E-state index in [-0.39, 0.29) is 17.6 Å². The third-order valence-electron chi connectivity index (χ3n) is 7.78. The van der Waals surface area contributed by atoms with Crippen LogP contribution in [0, 0.1) is 23.3 Å². The third kappa shape index (κ3) is 16.7.